The van der Waals surface area contributed by atoms with E-state index < -0.39 is 0 Å². The van der Waals surface area contributed by atoms with Crippen LogP contribution in [0.5, 0.6) is 0 Å². The number of unbranched alkanes of at least 4 members (excludes halogenated alkanes) is 2. The number of nitrogens with two attached hydrogens (primary N) is 1. The van der Waals surface area contributed by atoms with E-state index in [1.54, 1.807) is 0 Å². The molecule has 4 heteroatoms. The van der Waals surface area contributed by atoms with Crippen molar-refractivity contribution in [3.05, 3.63) is 34.3 Å². The number of carbonyl (C=O) groups excluding carboxylic acids is 1. The summed E-state index contributed by atoms with van der Waals surface area (Å²) in [6.07, 6.45) is 3.54. The molecule has 0 aliphatic heterocycles. The van der Waals surface area contributed by atoms with E-state index in [9.17, 15) is 4.79 Å². The van der Waals surface area contributed by atoms with Crippen LogP contribution in [0, 0.1) is 0 Å². The van der Waals surface area contributed by atoms with Gasteiger partial charge < -0.3 is 11.1 Å². The number of amides is 1. The van der Waals surface area contributed by atoms with E-state index in [1.807, 2.05) is 24.3 Å². The molecule has 0 heterocycles. The Kier molecular flexibility index (Phi) is 6.89. The third kappa shape index (κ3) is 6.44. The molecule has 0 saturated carbocycles. The average Bonchev–Trinajstić information content (AvgIpc) is 2.34. The summed E-state index contributed by atoms with van der Waals surface area (Å²) >= 11 is 3.38. The highest BCUT2D eigenvalue weighted by Gasteiger charge is 2.00. The molecular formula is C13H19BrN2O. The fourth-order valence-corrected chi connectivity index (χ4v) is 1.76. The summed E-state index contributed by atoms with van der Waals surface area (Å²) in [7, 11) is 0. The van der Waals surface area contributed by atoms with Gasteiger partial charge in [-0.05, 0) is 37.1 Å². The molecule has 3 N–H and O–H groups in total. The summed E-state index contributed by atoms with van der Waals surface area (Å²) in [4.78, 5) is 11.5. The predicted molar refractivity (Wildman–Crippen MR) is 73.5 cm³/mol. The normalized spacial score (nSPS) is 10.2. The first-order valence-electron chi connectivity index (χ1n) is 5.93. The number of rotatable bonds is 7. The van der Waals surface area contributed by atoms with Gasteiger partial charge >= 0.3 is 0 Å². The van der Waals surface area contributed by atoms with Gasteiger partial charge in [-0.1, -0.05) is 34.5 Å². The Labute approximate surface area is 111 Å². The summed E-state index contributed by atoms with van der Waals surface area (Å²) in [5, 5.41) is 2.91. The first-order valence-corrected chi connectivity index (χ1v) is 6.73. The Morgan fingerprint density at radius 3 is 2.53 bits per heavy atom. The Balaban J connectivity index is 2.17. The van der Waals surface area contributed by atoms with E-state index in [2.05, 4.69) is 21.2 Å². The number of hydrogen-bond acceptors (Lipinski definition) is 2. The minimum atomic E-state index is 0.116. The molecule has 0 radical (unpaired) electrons. The second-order valence-electron chi connectivity index (χ2n) is 4.00. The van der Waals surface area contributed by atoms with E-state index in [0.29, 0.717) is 19.5 Å². The Bertz CT molecular complexity index is 338. The molecule has 0 fully saturated rings. The van der Waals surface area contributed by atoms with Crippen LogP contribution < -0.4 is 11.1 Å². The highest BCUT2D eigenvalue weighted by Crippen LogP contribution is 2.10. The lowest BCUT2D eigenvalue weighted by atomic mass is 10.2. The van der Waals surface area contributed by atoms with E-state index >= 15 is 0 Å². The van der Waals surface area contributed by atoms with Crippen LogP contribution in [0.1, 0.15) is 31.2 Å². The molecule has 0 atom stereocenters. The van der Waals surface area contributed by atoms with Crippen LogP contribution in [0.15, 0.2) is 28.7 Å². The molecule has 1 amide bonds. The molecule has 0 bridgehead atoms. The fourth-order valence-electron chi connectivity index (χ4n) is 1.50. The first kappa shape index (κ1) is 14.2. The molecule has 0 aromatic heterocycles. The monoisotopic (exact) mass is 298 g/mol. The smallest absolute Gasteiger partial charge is 0.220 e. The van der Waals surface area contributed by atoms with Gasteiger partial charge in [-0.25, -0.2) is 0 Å². The molecule has 1 aromatic rings. The van der Waals surface area contributed by atoms with Crippen LogP contribution >= 0.6 is 15.9 Å². The van der Waals surface area contributed by atoms with Gasteiger partial charge in [-0.2, -0.15) is 0 Å². The van der Waals surface area contributed by atoms with E-state index in [1.165, 1.54) is 0 Å². The quantitative estimate of drug-likeness (QED) is 0.760. The van der Waals surface area contributed by atoms with Crippen molar-refractivity contribution in [1.82, 2.24) is 5.32 Å². The van der Waals surface area contributed by atoms with Gasteiger partial charge in [0, 0.05) is 17.4 Å². The molecule has 1 aromatic carbocycles. The highest BCUT2D eigenvalue weighted by atomic mass is 79.9. The van der Waals surface area contributed by atoms with Gasteiger partial charge in [-0.3, -0.25) is 4.79 Å². The Morgan fingerprint density at radius 1 is 1.18 bits per heavy atom. The van der Waals surface area contributed by atoms with E-state index in [4.69, 9.17) is 5.73 Å². The van der Waals surface area contributed by atoms with Gasteiger partial charge in [-0.15, -0.1) is 0 Å². The number of hydrogen-bond donors (Lipinski definition) is 2. The molecule has 3 nitrogen and oxygen atoms in total. The van der Waals surface area contributed by atoms with Crippen molar-refractivity contribution in [2.24, 2.45) is 5.73 Å². The third-order valence-electron chi connectivity index (χ3n) is 2.51. The third-order valence-corrected chi connectivity index (χ3v) is 3.04. The van der Waals surface area contributed by atoms with Crippen LogP contribution in [-0.2, 0) is 11.3 Å². The minimum Gasteiger partial charge on any atom is -0.352 e. The molecular weight excluding hydrogens is 280 g/mol. The molecule has 94 valence electrons. The Morgan fingerprint density at radius 2 is 1.88 bits per heavy atom. The van der Waals surface area contributed by atoms with Gasteiger partial charge in [0.2, 0.25) is 5.91 Å². The molecule has 0 spiro atoms. The average molecular weight is 299 g/mol. The van der Waals surface area contributed by atoms with E-state index in [0.717, 1.165) is 29.3 Å². The number of benzene rings is 1. The van der Waals surface area contributed by atoms with Crippen molar-refractivity contribution in [3.8, 4) is 0 Å². The Hall–Kier alpha value is -0.870. The summed E-state index contributed by atoms with van der Waals surface area (Å²) in [5.74, 6) is 0.116. The first-order chi connectivity index (χ1) is 8.22. The zero-order valence-corrected chi connectivity index (χ0v) is 11.5. The maximum atomic E-state index is 11.5. The van der Waals surface area contributed by atoms with Crippen LogP contribution in [0.25, 0.3) is 0 Å². The van der Waals surface area contributed by atoms with Crippen molar-refractivity contribution in [2.75, 3.05) is 6.54 Å². The molecule has 0 aliphatic carbocycles. The lowest BCUT2D eigenvalue weighted by molar-refractivity contribution is -0.121. The molecule has 0 saturated heterocycles. The van der Waals surface area contributed by atoms with Crippen molar-refractivity contribution >= 4 is 21.8 Å². The number of carbonyl (C=O) groups is 1. The molecule has 0 aliphatic rings. The van der Waals surface area contributed by atoms with Crippen molar-refractivity contribution in [3.63, 3.8) is 0 Å². The maximum Gasteiger partial charge on any atom is 0.220 e. The standard InChI is InChI=1S/C13H19BrN2O/c14-12-7-5-11(6-8-12)10-16-13(17)4-2-1-3-9-15/h5-8H,1-4,9-10,15H2,(H,16,17). The molecule has 17 heavy (non-hydrogen) atoms. The molecule has 1 rings (SSSR count). The van der Waals surface area contributed by atoms with Crippen molar-refractivity contribution in [2.45, 2.75) is 32.2 Å². The second-order valence-corrected chi connectivity index (χ2v) is 4.92. The fraction of sp³-hybridized carbons (Fsp3) is 0.462. The predicted octanol–water partition coefficient (Wildman–Crippen LogP) is 2.58. The van der Waals surface area contributed by atoms with Crippen LogP contribution in [-0.4, -0.2) is 12.5 Å². The lowest BCUT2D eigenvalue weighted by Gasteiger charge is -2.05. The van der Waals surface area contributed by atoms with Crippen molar-refractivity contribution < 1.29 is 4.79 Å². The SMILES string of the molecule is NCCCCCC(=O)NCc1ccc(Br)cc1. The summed E-state index contributed by atoms with van der Waals surface area (Å²) in [6, 6.07) is 7.95. The van der Waals surface area contributed by atoms with Crippen LogP contribution in [0.4, 0.5) is 0 Å². The minimum absolute atomic E-state index is 0.116. The lowest BCUT2D eigenvalue weighted by Crippen LogP contribution is -2.22. The van der Waals surface area contributed by atoms with Crippen LogP contribution in [0.3, 0.4) is 0 Å². The van der Waals surface area contributed by atoms with E-state index in [-0.39, 0.29) is 5.91 Å². The molecule has 0 unspecified atom stereocenters. The second kappa shape index (κ2) is 8.25. The number of halogens is 1. The highest BCUT2D eigenvalue weighted by molar-refractivity contribution is 9.10. The van der Waals surface area contributed by atoms with Crippen molar-refractivity contribution in [1.29, 1.82) is 0 Å². The summed E-state index contributed by atoms with van der Waals surface area (Å²) < 4.78 is 1.05. The summed E-state index contributed by atoms with van der Waals surface area (Å²) in [5.41, 5.74) is 6.50. The van der Waals surface area contributed by atoms with Gasteiger partial charge in [0.1, 0.15) is 0 Å². The zero-order valence-electron chi connectivity index (χ0n) is 9.92. The van der Waals surface area contributed by atoms with Gasteiger partial charge in [0.05, 0.1) is 0 Å². The van der Waals surface area contributed by atoms with Gasteiger partial charge in [0.15, 0.2) is 0 Å². The van der Waals surface area contributed by atoms with Gasteiger partial charge in [0.25, 0.3) is 0 Å². The summed E-state index contributed by atoms with van der Waals surface area (Å²) in [6.45, 7) is 1.31. The number of nitrogens with one attached hydrogen (secondary N) is 1. The topological polar surface area (TPSA) is 55.1 Å². The largest absolute Gasteiger partial charge is 0.352 e. The zero-order chi connectivity index (χ0) is 12.5. The van der Waals surface area contributed by atoms with Crippen LogP contribution in [0.2, 0.25) is 0 Å². The maximum absolute atomic E-state index is 11.5.